The zero-order valence-electron chi connectivity index (χ0n) is 15.3. The van der Waals surface area contributed by atoms with Crippen LogP contribution in [0, 0.1) is 0 Å². The molecule has 1 atom stereocenters. The summed E-state index contributed by atoms with van der Waals surface area (Å²) < 4.78 is 11.5. The summed E-state index contributed by atoms with van der Waals surface area (Å²) in [4.78, 5) is 10.5. The van der Waals surface area contributed by atoms with Gasteiger partial charge in [0.1, 0.15) is 11.6 Å². The molecule has 0 amide bonds. The van der Waals surface area contributed by atoms with Crippen molar-refractivity contribution < 1.29 is 9.47 Å². The lowest BCUT2D eigenvalue weighted by molar-refractivity contribution is -0.0209. The number of methoxy groups -OCH3 is 1. The molecule has 1 saturated heterocycles. The molecular formula is C19H22N6O2. The second kappa shape index (κ2) is 7.73. The van der Waals surface area contributed by atoms with Crippen LogP contribution in [0.2, 0.25) is 0 Å². The van der Waals surface area contributed by atoms with E-state index in [4.69, 9.17) is 9.47 Å². The highest BCUT2D eigenvalue weighted by Gasteiger charge is 2.21. The van der Waals surface area contributed by atoms with E-state index in [-0.39, 0.29) is 6.10 Å². The summed E-state index contributed by atoms with van der Waals surface area (Å²) >= 11 is 0. The largest absolute Gasteiger partial charge is 0.496 e. The molecule has 3 heterocycles. The Bertz CT molecular complexity index is 898. The molecule has 1 aliphatic heterocycles. The molecular weight excluding hydrogens is 344 g/mol. The minimum absolute atomic E-state index is 0.0577. The van der Waals surface area contributed by atoms with Gasteiger partial charge in [-0.15, -0.1) is 0 Å². The number of hydrogen-bond acceptors (Lipinski definition) is 7. The van der Waals surface area contributed by atoms with E-state index in [0.29, 0.717) is 11.6 Å². The van der Waals surface area contributed by atoms with Crippen molar-refractivity contribution in [1.29, 1.82) is 0 Å². The summed E-state index contributed by atoms with van der Waals surface area (Å²) in [6, 6.07) is 8.07. The summed E-state index contributed by atoms with van der Waals surface area (Å²) in [5, 5.41) is 10.5. The number of aromatic amines is 1. The van der Waals surface area contributed by atoms with Gasteiger partial charge in [0.2, 0.25) is 0 Å². The molecule has 140 valence electrons. The zero-order chi connectivity index (χ0) is 18.6. The van der Waals surface area contributed by atoms with E-state index >= 15 is 0 Å². The van der Waals surface area contributed by atoms with E-state index < -0.39 is 0 Å². The van der Waals surface area contributed by atoms with Crippen LogP contribution >= 0.6 is 0 Å². The van der Waals surface area contributed by atoms with Gasteiger partial charge in [-0.1, -0.05) is 6.07 Å². The first-order chi connectivity index (χ1) is 13.2. The number of ether oxygens (including phenoxy) is 2. The predicted octanol–water partition coefficient (Wildman–Crippen LogP) is 2.62. The molecule has 1 aromatic carbocycles. The molecule has 4 rings (SSSR count). The lowest BCUT2D eigenvalue weighted by Crippen LogP contribution is -2.35. The van der Waals surface area contributed by atoms with Crippen LogP contribution in [0.4, 0.5) is 11.6 Å². The third-order valence-corrected chi connectivity index (χ3v) is 4.55. The van der Waals surface area contributed by atoms with Gasteiger partial charge >= 0.3 is 0 Å². The van der Waals surface area contributed by atoms with Crippen molar-refractivity contribution in [2.24, 2.45) is 0 Å². The Hall–Kier alpha value is -2.97. The standard InChI is InChI=1S/C19H22N6O2/c1-25-7-8-27-17(12-25)13-3-4-14(16(9-13)26-2)15-10-18(24-23-15)22-19-11-20-5-6-21-19/h3-6,9-11,17H,7-8,12H2,1-2H3,(H2,21,22,23,24)/t17-/m0/s1. The van der Waals surface area contributed by atoms with Crippen molar-refractivity contribution in [3.8, 4) is 17.0 Å². The van der Waals surface area contributed by atoms with Crippen molar-refractivity contribution in [2.75, 3.05) is 39.2 Å². The van der Waals surface area contributed by atoms with Gasteiger partial charge in [0, 0.05) is 37.1 Å². The zero-order valence-corrected chi connectivity index (χ0v) is 15.3. The van der Waals surface area contributed by atoms with Gasteiger partial charge in [0.15, 0.2) is 5.82 Å². The molecule has 3 aromatic rings. The van der Waals surface area contributed by atoms with Crippen LogP contribution < -0.4 is 10.1 Å². The highest BCUT2D eigenvalue weighted by atomic mass is 16.5. The van der Waals surface area contributed by atoms with Gasteiger partial charge in [-0.05, 0) is 24.7 Å². The van der Waals surface area contributed by atoms with Crippen LogP contribution in [-0.4, -0.2) is 58.9 Å². The fourth-order valence-corrected chi connectivity index (χ4v) is 3.13. The first kappa shape index (κ1) is 17.4. The van der Waals surface area contributed by atoms with Crippen molar-refractivity contribution in [3.63, 3.8) is 0 Å². The number of nitrogens with one attached hydrogen (secondary N) is 2. The third kappa shape index (κ3) is 3.91. The minimum atomic E-state index is 0.0577. The molecule has 0 spiro atoms. The van der Waals surface area contributed by atoms with E-state index in [2.05, 4.69) is 43.5 Å². The highest BCUT2D eigenvalue weighted by molar-refractivity contribution is 5.71. The monoisotopic (exact) mass is 366 g/mol. The van der Waals surface area contributed by atoms with Crippen molar-refractivity contribution in [1.82, 2.24) is 25.1 Å². The number of aromatic nitrogens is 4. The summed E-state index contributed by atoms with van der Waals surface area (Å²) in [6.07, 6.45) is 4.96. The van der Waals surface area contributed by atoms with Gasteiger partial charge < -0.3 is 19.7 Å². The van der Waals surface area contributed by atoms with Crippen LogP contribution in [-0.2, 0) is 4.74 Å². The molecule has 0 aliphatic carbocycles. The molecule has 0 unspecified atom stereocenters. The molecule has 27 heavy (non-hydrogen) atoms. The Morgan fingerprint density at radius 2 is 2.19 bits per heavy atom. The third-order valence-electron chi connectivity index (χ3n) is 4.55. The second-order valence-corrected chi connectivity index (χ2v) is 6.46. The molecule has 2 aromatic heterocycles. The summed E-state index contributed by atoms with van der Waals surface area (Å²) in [7, 11) is 3.78. The lowest BCUT2D eigenvalue weighted by atomic mass is 10.0. The molecule has 8 nitrogen and oxygen atoms in total. The first-order valence-electron chi connectivity index (χ1n) is 8.80. The molecule has 0 bridgehead atoms. The molecule has 8 heteroatoms. The average Bonchev–Trinajstić information content (AvgIpc) is 3.16. The topological polar surface area (TPSA) is 88.2 Å². The van der Waals surface area contributed by atoms with Gasteiger partial charge in [0.25, 0.3) is 0 Å². The molecule has 1 fully saturated rings. The molecule has 0 saturated carbocycles. The van der Waals surface area contributed by atoms with E-state index in [1.165, 1.54) is 0 Å². The minimum Gasteiger partial charge on any atom is -0.496 e. The Labute approximate surface area is 157 Å². The summed E-state index contributed by atoms with van der Waals surface area (Å²) in [5.74, 6) is 2.07. The highest BCUT2D eigenvalue weighted by Crippen LogP contribution is 2.34. The van der Waals surface area contributed by atoms with Gasteiger partial charge in [0.05, 0.1) is 31.7 Å². The number of likely N-dealkylation sites (N-methyl/N-ethyl adjacent to an activating group) is 1. The molecule has 1 aliphatic rings. The van der Waals surface area contributed by atoms with Crippen LogP contribution in [0.15, 0.2) is 42.9 Å². The van der Waals surface area contributed by atoms with Crippen molar-refractivity contribution in [2.45, 2.75) is 6.10 Å². The Kier molecular flexibility index (Phi) is 4.99. The fourth-order valence-electron chi connectivity index (χ4n) is 3.13. The van der Waals surface area contributed by atoms with Crippen LogP contribution in [0.3, 0.4) is 0 Å². The number of rotatable bonds is 5. The van der Waals surface area contributed by atoms with E-state index in [1.807, 2.05) is 18.2 Å². The Morgan fingerprint density at radius 1 is 1.26 bits per heavy atom. The number of nitrogens with zero attached hydrogens (tertiary/aromatic N) is 4. The maximum absolute atomic E-state index is 5.91. The smallest absolute Gasteiger partial charge is 0.153 e. The van der Waals surface area contributed by atoms with E-state index in [0.717, 1.165) is 42.3 Å². The van der Waals surface area contributed by atoms with Gasteiger partial charge in [-0.25, -0.2) is 4.98 Å². The van der Waals surface area contributed by atoms with Crippen molar-refractivity contribution >= 4 is 11.6 Å². The number of hydrogen-bond donors (Lipinski definition) is 2. The van der Waals surface area contributed by atoms with Crippen molar-refractivity contribution in [3.05, 3.63) is 48.4 Å². The van der Waals surface area contributed by atoms with E-state index in [1.54, 1.807) is 25.7 Å². The van der Waals surface area contributed by atoms with Gasteiger partial charge in [-0.3, -0.25) is 10.1 Å². The number of H-pyrrole nitrogens is 1. The van der Waals surface area contributed by atoms with Crippen LogP contribution in [0.5, 0.6) is 5.75 Å². The predicted molar refractivity (Wildman–Crippen MR) is 102 cm³/mol. The van der Waals surface area contributed by atoms with E-state index in [9.17, 15) is 0 Å². The maximum atomic E-state index is 5.91. The fraction of sp³-hybridized carbons (Fsp3) is 0.316. The van der Waals surface area contributed by atoms with Crippen LogP contribution in [0.25, 0.3) is 11.3 Å². The van der Waals surface area contributed by atoms with Gasteiger partial charge in [-0.2, -0.15) is 5.10 Å². The quantitative estimate of drug-likeness (QED) is 0.717. The Balaban J connectivity index is 1.56. The Morgan fingerprint density at radius 3 is 2.96 bits per heavy atom. The summed E-state index contributed by atoms with van der Waals surface area (Å²) in [6.45, 7) is 2.57. The lowest BCUT2D eigenvalue weighted by Gasteiger charge is -2.30. The molecule has 0 radical (unpaired) electrons. The SMILES string of the molecule is COc1cc([C@@H]2CN(C)CCO2)ccc1-c1cc(Nc2cnccn2)n[nH]1. The molecule has 2 N–H and O–H groups in total. The summed E-state index contributed by atoms with van der Waals surface area (Å²) in [5.41, 5.74) is 2.90. The number of morpholine rings is 1. The normalized spacial score (nSPS) is 17.6. The van der Waals surface area contributed by atoms with Crippen LogP contribution in [0.1, 0.15) is 11.7 Å². The number of anilines is 2. The second-order valence-electron chi connectivity index (χ2n) is 6.46. The first-order valence-corrected chi connectivity index (χ1v) is 8.80. The average molecular weight is 366 g/mol. The number of benzene rings is 1. The maximum Gasteiger partial charge on any atom is 0.153 e.